The molecule has 2 aliphatic heterocycles. The van der Waals surface area contributed by atoms with Crippen LogP contribution in [0.4, 0.5) is 15.9 Å². The molecule has 2 atom stereocenters. The SMILES string of the molecule is Cc1c(Nc2ccc(-n3ccnc3)cc2F)ncnc1OC1CC2CCC(C1)N2. The lowest BCUT2D eigenvalue weighted by Gasteiger charge is -2.29. The highest BCUT2D eigenvalue weighted by molar-refractivity contribution is 5.62. The maximum Gasteiger partial charge on any atom is 0.221 e. The molecule has 2 N–H and O–H groups in total. The van der Waals surface area contributed by atoms with E-state index < -0.39 is 0 Å². The summed E-state index contributed by atoms with van der Waals surface area (Å²) in [6, 6.07) is 6.06. The number of rotatable bonds is 5. The van der Waals surface area contributed by atoms with Gasteiger partial charge in [-0.2, -0.15) is 0 Å². The van der Waals surface area contributed by atoms with Gasteiger partial charge in [0, 0.05) is 36.2 Å². The lowest BCUT2D eigenvalue weighted by Crippen LogP contribution is -2.42. The van der Waals surface area contributed by atoms with E-state index in [2.05, 4.69) is 25.6 Å². The summed E-state index contributed by atoms with van der Waals surface area (Å²) in [4.78, 5) is 12.6. The van der Waals surface area contributed by atoms with Crippen molar-refractivity contribution < 1.29 is 9.13 Å². The van der Waals surface area contributed by atoms with Gasteiger partial charge in [0.1, 0.15) is 24.1 Å². The van der Waals surface area contributed by atoms with Gasteiger partial charge in [-0.15, -0.1) is 0 Å². The number of halogens is 1. The molecule has 2 unspecified atom stereocenters. The molecule has 7 nitrogen and oxygen atoms in total. The predicted octanol–water partition coefficient (Wildman–Crippen LogP) is 3.52. The van der Waals surface area contributed by atoms with Gasteiger partial charge in [0.05, 0.1) is 17.6 Å². The van der Waals surface area contributed by atoms with Crippen LogP contribution in [0.2, 0.25) is 0 Å². The molecule has 2 aliphatic rings. The first-order valence-corrected chi connectivity index (χ1v) is 9.95. The third-order valence-corrected chi connectivity index (χ3v) is 5.75. The van der Waals surface area contributed by atoms with Crippen LogP contribution < -0.4 is 15.4 Å². The molecule has 0 aliphatic carbocycles. The van der Waals surface area contributed by atoms with Crippen molar-refractivity contribution in [2.24, 2.45) is 0 Å². The summed E-state index contributed by atoms with van der Waals surface area (Å²) >= 11 is 0. The Morgan fingerprint density at radius 3 is 2.76 bits per heavy atom. The molecule has 8 heteroatoms. The van der Waals surface area contributed by atoms with E-state index in [9.17, 15) is 4.39 Å². The van der Waals surface area contributed by atoms with Gasteiger partial charge < -0.3 is 19.9 Å². The first-order chi connectivity index (χ1) is 14.2. The van der Waals surface area contributed by atoms with Crippen molar-refractivity contribution in [1.82, 2.24) is 24.8 Å². The molecule has 150 valence electrons. The Kier molecular flexibility index (Phi) is 4.63. The Morgan fingerprint density at radius 1 is 1.21 bits per heavy atom. The van der Waals surface area contributed by atoms with E-state index in [-0.39, 0.29) is 11.9 Å². The lowest BCUT2D eigenvalue weighted by atomic mass is 10.0. The van der Waals surface area contributed by atoms with Crippen LogP contribution >= 0.6 is 0 Å². The summed E-state index contributed by atoms with van der Waals surface area (Å²) < 4.78 is 22.6. The molecule has 0 amide bonds. The molecular weight excluding hydrogens is 371 g/mol. The number of aromatic nitrogens is 4. The molecule has 0 saturated carbocycles. The number of piperidine rings is 1. The Morgan fingerprint density at radius 2 is 2.03 bits per heavy atom. The first-order valence-electron chi connectivity index (χ1n) is 9.95. The summed E-state index contributed by atoms with van der Waals surface area (Å²) in [6.07, 6.45) is 11.1. The monoisotopic (exact) mass is 394 g/mol. The van der Waals surface area contributed by atoms with E-state index in [1.807, 2.05) is 13.0 Å². The van der Waals surface area contributed by atoms with Crippen molar-refractivity contribution in [3.8, 4) is 11.6 Å². The molecule has 2 fully saturated rings. The molecule has 2 aromatic heterocycles. The van der Waals surface area contributed by atoms with Crippen molar-refractivity contribution in [2.45, 2.75) is 50.8 Å². The van der Waals surface area contributed by atoms with Crippen LogP contribution in [0.5, 0.6) is 5.88 Å². The smallest absolute Gasteiger partial charge is 0.221 e. The highest BCUT2D eigenvalue weighted by Gasteiger charge is 2.35. The summed E-state index contributed by atoms with van der Waals surface area (Å²) in [6.45, 7) is 1.89. The van der Waals surface area contributed by atoms with Crippen LogP contribution in [0.25, 0.3) is 5.69 Å². The Bertz CT molecular complexity index is 996. The van der Waals surface area contributed by atoms with Crippen molar-refractivity contribution in [3.63, 3.8) is 0 Å². The van der Waals surface area contributed by atoms with Gasteiger partial charge in [-0.1, -0.05) is 0 Å². The number of hydrogen-bond donors (Lipinski definition) is 2. The number of anilines is 2. The molecule has 29 heavy (non-hydrogen) atoms. The summed E-state index contributed by atoms with van der Waals surface area (Å²) in [5.41, 5.74) is 1.83. The number of hydrogen-bond acceptors (Lipinski definition) is 6. The molecule has 1 aromatic carbocycles. The van der Waals surface area contributed by atoms with E-state index in [1.165, 1.54) is 25.2 Å². The zero-order chi connectivity index (χ0) is 19.8. The number of nitrogens with one attached hydrogen (secondary N) is 2. The molecule has 3 aromatic rings. The van der Waals surface area contributed by atoms with Crippen LogP contribution in [0, 0.1) is 12.7 Å². The van der Waals surface area contributed by atoms with E-state index in [0.717, 1.165) is 18.4 Å². The highest BCUT2D eigenvalue weighted by atomic mass is 19.1. The van der Waals surface area contributed by atoms with E-state index >= 15 is 0 Å². The normalized spacial score (nSPS) is 23.2. The number of imidazole rings is 1. The fourth-order valence-corrected chi connectivity index (χ4v) is 4.24. The third kappa shape index (κ3) is 3.67. The molecule has 2 saturated heterocycles. The fraction of sp³-hybridized carbons (Fsp3) is 0.381. The minimum absolute atomic E-state index is 0.154. The first kappa shape index (κ1) is 18.1. The van der Waals surface area contributed by atoms with Gasteiger partial charge >= 0.3 is 0 Å². The highest BCUT2D eigenvalue weighted by Crippen LogP contribution is 2.32. The quantitative estimate of drug-likeness (QED) is 0.690. The largest absolute Gasteiger partial charge is 0.474 e. The lowest BCUT2D eigenvalue weighted by molar-refractivity contribution is 0.131. The summed E-state index contributed by atoms with van der Waals surface area (Å²) in [5.74, 6) is 0.733. The Balaban J connectivity index is 1.33. The molecule has 0 radical (unpaired) electrons. The van der Waals surface area contributed by atoms with Crippen molar-refractivity contribution >= 4 is 11.5 Å². The van der Waals surface area contributed by atoms with Crippen molar-refractivity contribution in [3.05, 3.63) is 54.6 Å². The van der Waals surface area contributed by atoms with E-state index in [4.69, 9.17) is 4.74 Å². The maximum absolute atomic E-state index is 14.6. The second kappa shape index (κ2) is 7.44. The number of fused-ring (bicyclic) bond motifs is 2. The van der Waals surface area contributed by atoms with Crippen LogP contribution in [0.3, 0.4) is 0 Å². The summed E-state index contributed by atoms with van der Waals surface area (Å²) in [7, 11) is 0. The molecule has 5 rings (SSSR count). The molecule has 0 spiro atoms. The number of nitrogens with zero attached hydrogens (tertiary/aromatic N) is 4. The van der Waals surface area contributed by atoms with Crippen molar-refractivity contribution in [2.75, 3.05) is 5.32 Å². The second-order valence-corrected chi connectivity index (χ2v) is 7.76. The summed E-state index contributed by atoms with van der Waals surface area (Å²) in [5, 5.41) is 6.69. The van der Waals surface area contributed by atoms with Gasteiger partial charge in [-0.3, -0.25) is 0 Å². The Hall–Kier alpha value is -3.00. The minimum Gasteiger partial charge on any atom is -0.474 e. The zero-order valence-corrected chi connectivity index (χ0v) is 16.2. The van der Waals surface area contributed by atoms with Crippen LogP contribution in [-0.2, 0) is 0 Å². The zero-order valence-electron chi connectivity index (χ0n) is 16.2. The van der Waals surface area contributed by atoms with Crippen LogP contribution in [0.15, 0.2) is 43.2 Å². The van der Waals surface area contributed by atoms with Gasteiger partial charge in [0.25, 0.3) is 0 Å². The van der Waals surface area contributed by atoms with Crippen LogP contribution in [-0.4, -0.2) is 37.7 Å². The van der Waals surface area contributed by atoms with Crippen LogP contribution in [0.1, 0.15) is 31.2 Å². The predicted molar refractivity (Wildman–Crippen MR) is 107 cm³/mol. The number of benzene rings is 1. The number of ether oxygens (including phenoxy) is 1. The average Bonchev–Trinajstić information content (AvgIpc) is 3.36. The van der Waals surface area contributed by atoms with Gasteiger partial charge in [0.15, 0.2) is 0 Å². The second-order valence-electron chi connectivity index (χ2n) is 7.76. The standard InChI is InChI=1S/C21H23FN6O/c1-13-20(27-19-5-4-16(10-18(19)22)28-7-6-23-12-28)24-11-25-21(13)29-17-8-14-2-3-15(9-17)26-14/h4-7,10-12,14-15,17,26H,2-3,8-9H2,1H3,(H,24,25,27). The third-order valence-electron chi connectivity index (χ3n) is 5.75. The van der Waals surface area contributed by atoms with Gasteiger partial charge in [0.2, 0.25) is 5.88 Å². The maximum atomic E-state index is 14.6. The van der Waals surface area contributed by atoms with E-state index in [0.29, 0.717) is 35.2 Å². The Labute approximate surface area is 168 Å². The molecular formula is C21H23FN6O. The fourth-order valence-electron chi connectivity index (χ4n) is 4.24. The molecule has 4 heterocycles. The minimum atomic E-state index is -0.369. The van der Waals surface area contributed by atoms with Gasteiger partial charge in [-0.05, 0) is 44.7 Å². The van der Waals surface area contributed by atoms with E-state index in [1.54, 1.807) is 29.4 Å². The topological polar surface area (TPSA) is 76.9 Å². The van der Waals surface area contributed by atoms with Gasteiger partial charge in [-0.25, -0.2) is 19.3 Å². The average molecular weight is 394 g/mol. The molecule has 2 bridgehead atoms. The van der Waals surface area contributed by atoms with Crippen molar-refractivity contribution in [1.29, 1.82) is 0 Å².